The summed E-state index contributed by atoms with van der Waals surface area (Å²) >= 11 is 6.32. The maximum absolute atomic E-state index is 12.8. The topological polar surface area (TPSA) is 50.2 Å². The monoisotopic (exact) mass is 318 g/mol. The molecule has 0 aliphatic carbocycles. The second-order valence-electron chi connectivity index (χ2n) is 5.32. The highest BCUT2D eigenvalue weighted by atomic mass is 35.5. The minimum atomic E-state index is -0.0556. The van der Waals surface area contributed by atoms with Gasteiger partial charge in [0.2, 0.25) is 0 Å². The maximum Gasteiger partial charge on any atom is 0.257 e. The average Bonchev–Trinajstić information content (AvgIpc) is 3.04. The van der Waals surface area contributed by atoms with E-state index in [0.29, 0.717) is 23.7 Å². The predicted octanol–water partition coefficient (Wildman–Crippen LogP) is 2.34. The summed E-state index contributed by atoms with van der Waals surface area (Å²) in [5.41, 5.74) is 1.61. The van der Waals surface area contributed by atoms with Gasteiger partial charge in [-0.3, -0.25) is 9.48 Å². The Morgan fingerprint density at radius 2 is 2.27 bits per heavy atom. The van der Waals surface area contributed by atoms with Gasteiger partial charge >= 0.3 is 0 Å². The average molecular weight is 319 g/mol. The standard InChI is InChI=1S/C16H19ClN4O/c1-2-20-11-12(9-19-20)16(22)21-8-7-18-10-15(21)13-5-3-4-6-14(13)17/h3-6,9,11,15,18H,2,7-8,10H2,1H3. The lowest BCUT2D eigenvalue weighted by molar-refractivity contribution is 0.0634. The number of nitrogens with one attached hydrogen (secondary N) is 1. The van der Waals surface area contributed by atoms with E-state index in [0.717, 1.165) is 18.7 Å². The lowest BCUT2D eigenvalue weighted by Crippen LogP contribution is -2.48. The van der Waals surface area contributed by atoms with E-state index in [1.54, 1.807) is 17.1 Å². The molecule has 0 radical (unpaired) electrons. The van der Waals surface area contributed by atoms with E-state index < -0.39 is 0 Å². The van der Waals surface area contributed by atoms with Crippen molar-refractivity contribution in [1.82, 2.24) is 20.0 Å². The van der Waals surface area contributed by atoms with Gasteiger partial charge in [-0.15, -0.1) is 0 Å². The number of rotatable bonds is 3. The molecule has 1 fully saturated rings. The van der Waals surface area contributed by atoms with Crippen LogP contribution in [-0.4, -0.2) is 40.2 Å². The zero-order chi connectivity index (χ0) is 15.5. The SMILES string of the molecule is CCn1cc(C(=O)N2CCNCC2c2ccccc2Cl)cn1. The molecular formula is C16H19ClN4O. The highest BCUT2D eigenvalue weighted by molar-refractivity contribution is 6.31. The summed E-state index contributed by atoms with van der Waals surface area (Å²) in [6.07, 6.45) is 3.44. The van der Waals surface area contributed by atoms with Gasteiger partial charge in [0.1, 0.15) is 0 Å². The van der Waals surface area contributed by atoms with E-state index in [1.165, 1.54) is 0 Å². The van der Waals surface area contributed by atoms with Gasteiger partial charge < -0.3 is 10.2 Å². The first-order valence-electron chi connectivity index (χ1n) is 7.49. The van der Waals surface area contributed by atoms with Gasteiger partial charge in [0.15, 0.2) is 0 Å². The smallest absolute Gasteiger partial charge is 0.257 e. The van der Waals surface area contributed by atoms with Gasteiger partial charge in [-0.25, -0.2) is 0 Å². The Hall–Kier alpha value is -1.85. The number of amides is 1. The summed E-state index contributed by atoms with van der Waals surface area (Å²) in [6.45, 7) is 4.90. The summed E-state index contributed by atoms with van der Waals surface area (Å²) in [4.78, 5) is 14.7. The van der Waals surface area contributed by atoms with Crippen LogP contribution < -0.4 is 5.32 Å². The van der Waals surface area contributed by atoms with Crippen LogP contribution in [-0.2, 0) is 6.54 Å². The van der Waals surface area contributed by atoms with Crippen LogP contribution in [0.1, 0.15) is 28.9 Å². The van der Waals surface area contributed by atoms with E-state index in [1.807, 2.05) is 36.1 Å². The van der Waals surface area contributed by atoms with Gasteiger partial charge in [-0.1, -0.05) is 29.8 Å². The number of hydrogen-bond acceptors (Lipinski definition) is 3. The van der Waals surface area contributed by atoms with E-state index >= 15 is 0 Å². The van der Waals surface area contributed by atoms with Crippen LogP contribution >= 0.6 is 11.6 Å². The van der Waals surface area contributed by atoms with E-state index in [-0.39, 0.29) is 11.9 Å². The molecule has 0 spiro atoms. The van der Waals surface area contributed by atoms with Crippen LogP contribution in [0, 0.1) is 0 Å². The Balaban J connectivity index is 1.89. The molecule has 1 aliphatic rings. The number of nitrogens with zero attached hydrogens (tertiary/aromatic N) is 3. The van der Waals surface area contributed by atoms with Crippen molar-refractivity contribution in [3.8, 4) is 0 Å². The molecule has 1 aliphatic heterocycles. The molecule has 0 saturated carbocycles. The number of carbonyl (C=O) groups is 1. The maximum atomic E-state index is 12.8. The van der Waals surface area contributed by atoms with E-state index in [9.17, 15) is 4.79 Å². The number of hydrogen-bond donors (Lipinski definition) is 1. The molecule has 1 atom stereocenters. The molecule has 1 saturated heterocycles. The van der Waals surface area contributed by atoms with Crippen molar-refractivity contribution in [1.29, 1.82) is 0 Å². The first-order chi connectivity index (χ1) is 10.7. The van der Waals surface area contributed by atoms with Crippen molar-refractivity contribution in [2.45, 2.75) is 19.5 Å². The Bertz CT molecular complexity index is 670. The zero-order valence-electron chi connectivity index (χ0n) is 12.5. The molecule has 1 unspecified atom stereocenters. The van der Waals surface area contributed by atoms with E-state index in [4.69, 9.17) is 11.6 Å². The second kappa shape index (κ2) is 6.50. The van der Waals surface area contributed by atoms with Gasteiger partial charge in [0.25, 0.3) is 5.91 Å². The van der Waals surface area contributed by atoms with Gasteiger partial charge in [-0.2, -0.15) is 5.10 Å². The molecule has 6 heteroatoms. The largest absolute Gasteiger partial charge is 0.329 e. The Morgan fingerprint density at radius 3 is 3.00 bits per heavy atom. The molecule has 1 aromatic carbocycles. The number of halogens is 1. The van der Waals surface area contributed by atoms with Crippen LogP contribution in [0.4, 0.5) is 0 Å². The number of aryl methyl sites for hydroxylation is 1. The number of carbonyl (C=O) groups excluding carboxylic acids is 1. The van der Waals surface area contributed by atoms with Gasteiger partial charge in [0.05, 0.1) is 17.8 Å². The molecule has 2 heterocycles. The van der Waals surface area contributed by atoms with Crippen LogP contribution in [0.25, 0.3) is 0 Å². The quantitative estimate of drug-likeness (QED) is 0.945. The van der Waals surface area contributed by atoms with Crippen molar-refractivity contribution in [3.05, 3.63) is 52.8 Å². The number of piperazine rings is 1. The third kappa shape index (κ3) is 2.87. The van der Waals surface area contributed by atoms with Crippen LogP contribution in [0.5, 0.6) is 0 Å². The highest BCUT2D eigenvalue weighted by Gasteiger charge is 2.30. The third-order valence-corrected chi connectivity index (χ3v) is 4.32. The Morgan fingerprint density at radius 1 is 1.45 bits per heavy atom. The number of aromatic nitrogens is 2. The van der Waals surface area contributed by atoms with E-state index in [2.05, 4.69) is 10.4 Å². The molecule has 1 aromatic heterocycles. The van der Waals surface area contributed by atoms with Crippen LogP contribution in [0.15, 0.2) is 36.7 Å². The molecule has 1 amide bonds. The zero-order valence-corrected chi connectivity index (χ0v) is 13.3. The molecule has 116 valence electrons. The summed E-state index contributed by atoms with van der Waals surface area (Å²) < 4.78 is 1.76. The summed E-state index contributed by atoms with van der Waals surface area (Å²) in [6, 6.07) is 7.64. The molecular weight excluding hydrogens is 300 g/mol. The van der Waals surface area contributed by atoms with Gasteiger partial charge in [-0.05, 0) is 18.6 Å². The summed E-state index contributed by atoms with van der Waals surface area (Å²) in [7, 11) is 0. The van der Waals surface area contributed by atoms with Crippen molar-refractivity contribution in [2.75, 3.05) is 19.6 Å². The van der Waals surface area contributed by atoms with Crippen molar-refractivity contribution in [2.24, 2.45) is 0 Å². The first-order valence-corrected chi connectivity index (χ1v) is 7.87. The lowest BCUT2D eigenvalue weighted by atomic mass is 10.0. The summed E-state index contributed by atoms with van der Waals surface area (Å²) in [5.74, 6) is 0.00567. The highest BCUT2D eigenvalue weighted by Crippen LogP contribution is 2.29. The molecule has 3 rings (SSSR count). The van der Waals surface area contributed by atoms with Crippen LogP contribution in [0.2, 0.25) is 5.02 Å². The number of benzene rings is 1. The third-order valence-electron chi connectivity index (χ3n) is 3.97. The van der Waals surface area contributed by atoms with Crippen molar-refractivity contribution in [3.63, 3.8) is 0 Å². The molecule has 22 heavy (non-hydrogen) atoms. The van der Waals surface area contributed by atoms with Crippen molar-refractivity contribution < 1.29 is 4.79 Å². The minimum Gasteiger partial charge on any atom is -0.329 e. The summed E-state index contributed by atoms with van der Waals surface area (Å²) in [5, 5.41) is 8.23. The lowest BCUT2D eigenvalue weighted by Gasteiger charge is -2.36. The van der Waals surface area contributed by atoms with Gasteiger partial charge in [0, 0.05) is 37.4 Å². The minimum absolute atomic E-state index is 0.00567. The molecule has 1 N–H and O–H groups in total. The molecule has 2 aromatic rings. The first kappa shape index (κ1) is 15.1. The van der Waals surface area contributed by atoms with Crippen molar-refractivity contribution >= 4 is 17.5 Å². The van der Waals surface area contributed by atoms with Crippen LogP contribution in [0.3, 0.4) is 0 Å². The fraction of sp³-hybridized carbons (Fsp3) is 0.375. The fourth-order valence-electron chi connectivity index (χ4n) is 2.78. The second-order valence-corrected chi connectivity index (χ2v) is 5.73. The molecule has 5 nitrogen and oxygen atoms in total. The predicted molar refractivity (Wildman–Crippen MR) is 86.0 cm³/mol. The fourth-order valence-corrected chi connectivity index (χ4v) is 3.05. The normalized spacial score (nSPS) is 18.5. The molecule has 0 bridgehead atoms. The Labute approximate surface area is 134 Å². The Kier molecular flexibility index (Phi) is 4.45.